The van der Waals surface area contributed by atoms with Crippen LogP contribution in [0.5, 0.6) is 0 Å². The summed E-state index contributed by atoms with van der Waals surface area (Å²) >= 11 is 1.35. The van der Waals surface area contributed by atoms with Gasteiger partial charge in [-0.2, -0.15) is 13.2 Å². The molecule has 0 saturated carbocycles. The van der Waals surface area contributed by atoms with Gasteiger partial charge in [0.2, 0.25) is 5.91 Å². The number of thiazole rings is 1. The van der Waals surface area contributed by atoms with Gasteiger partial charge in [0, 0.05) is 11.9 Å². The Kier molecular flexibility index (Phi) is 5.59. The highest BCUT2D eigenvalue weighted by Crippen LogP contribution is 2.31. The summed E-state index contributed by atoms with van der Waals surface area (Å²) in [6.07, 6.45) is -3.44. The van der Waals surface area contributed by atoms with E-state index in [-0.39, 0.29) is 12.0 Å². The second-order valence-electron chi connectivity index (χ2n) is 4.96. The molecule has 1 aromatic carbocycles. The van der Waals surface area contributed by atoms with E-state index in [0.29, 0.717) is 24.5 Å². The Bertz CT molecular complexity index is 670. The fourth-order valence-corrected chi connectivity index (χ4v) is 2.72. The Labute approximate surface area is 135 Å². The standard InChI is InChI=1S/C15H16F3N3OS/c16-15(17,18)12-6-2-1-4-10(12)8-13(22)20-7-3-5-11-9-23-14(19)21-11/h1-2,4,6,9H,3,5,7-8H2,(H2,19,21)(H,20,22). The molecule has 124 valence electrons. The number of aromatic nitrogens is 1. The van der Waals surface area contributed by atoms with Crippen molar-refractivity contribution in [2.45, 2.75) is 25.4 Å². The van der Waals surface area contributed by atoms with Gasteiger partial charge in [-0.3, -0.25) is 4.79 Å². The van der Waals surface area contributed by atoms with Crippen LogP contribution in [0.4, 0.5) is 18.3 Å². The number of hydrogen-bond acceptors (Lipinski definition) is 4. The molecule has 2 aromatic rings. The Morgan fingerprint density at radius 1 is 1.30 bits per heavy atom. The van der Waals surface area contributed by atoms with E-state index in [0.717, 1.165) is 11.8 Å². The van der Waals surface area contributed by atoms with Gasteiger partial charge in [0.25, 0.3) is 0 Å². The first-order chi connectivity index (χ1) is 10.9. The quantitative estimate of drug-likeness (QED) is 0.792. The second kappa shape index (κ2) is 7.45. The molecule has 2 rings (SSSR count). The predicted molar refractivity (Wildman–Crippen MR) is 83.0 cm³/mol. The van der Waals surface area contributed by atoms with Crippen LogP contribution in [0.15, 0.2) is 29.6 Å². The summed E-state index contributed by atoms with van der Waals surface area (Å²) in [7, 11) is 0. The van der Waals surface area contributed by atoms with Crippen molar-refractivity contribution >= 4 is 22.4 Å². The van der Waals surface area contributed by atoms with Crippen LogP contribution < -0.4 is 11.1 Å². The van der Waals surface area contributed by atoms with Crippen LogP contribution in [0.1, 0.15) is 23.2 Å². The average Bonchev–Trinajstić information content (AvgIpc) is 2.89. The first-order valence-electron chi connectivity index (χ1n) is 6.98. The highest BCUT2D eigenvalue weighted by atomic mass is 32.1. The van der Waals surface area contributed by atoms with Gasteiger partial charge in [-0.25, -0.2) is 4.98 Å². The molecule has 1 heterocycles. The van der Waals surface area contributed by atoms with Crippen LogP contribution in [0.25, 0.3) is 0 Å². The van der Waals surface area contributed by atoms with E-state index in [1.165, 1.54) is 29.5 Å². The number of nitrogen functional groups attached to an aromatic ring is 1. The summed E-state index contributed by atoms with van der Waals surface area (Å²) in [6.45, 7) is 0.379. The van der Waals surface area contributed by atoms with Crippen molar-refractivity contribution in [1.82, 2.24) is 10.3 Å². The van der Waals surface area contributed by atoms with Crippen molar-refractivity contribution in [1.29, 1.82) is 0 Å². The lowest BCUT2D eigenvalue weighted by Crippen LogP contribution is -2.27. The number of rotatable bonds is 6. The number of nitrogens with zero attached hydrogens (tertiary/aromatic N) is 1. The van der Waals surface area contributed by atoms with Crippen molar-refractivity contribution in [2.75, 3.05) is 12.3 Å². The van der Waals surface area contributed by atoms with E-state index >= 15 is 0 Å². The fourth-order valence-electron chi connectivity index (χ4n) is 2.12. The number of hydrogen-bond donors (Lipinski definition) is 2. The molecule has 0 fully saturated rings. The van der Waals surface area contributed by atoms with Crippen LogP contribution in [-0.2, 0) is 23.8 Å². The van der Waals surface area contributed by atoms with E-state index in [1.54, 1.807) is 0 Å². The Hall–Kier alpha value is -2.09. The molecule has 1 aromatic heterocycles. The summed E-state index contributed by atoms with van der Waals surface area (Å²) in [5, 5.41) is 4.96. The molecule has 0 aliphatic heterocycles. The molecule has 4 nitrogen and oxygen atoms in total. The maximum atomic E-state index is 12.8. The summed E-state index contributed by atoms with van der Waals surface area (Å²) < 4.78 is 38.5. The Morgan fingerprint density at radius 3 is 2.70 bits per heavy atom. The molecule has 0 spiro atoms. The molecular formula is C15H16F3N3OS. The lowest BCUT2D eigenvalue weighted by atomic mass is 10.0. The third kappa shape index (κ3) is 5.24. The predicted octanol–water partition coefficient (Wildman–Crippen LogP) is 3.04. The molecule has 0 saturated heterocycles. The normalized spacial score (nSPS) is 11.4. The summed E-state index contributed by atoms with van der Waals surface area (Å²) in [5.41, 5.74) is 5.57. The summed E-state index contributed by atoms with van der Waals surface area (Å²) in [6, 6.07) is 5.10. The summed E-state index contributed by atoms with van der Waals surface area (Å²) in [5.74, 6) is -0.431. The minimum absolute atomic E-state index is 0.0234. The van der Waals surface area contributed by atoms with Gasteiger partial charge < -0.3 is 11.1 Å². The minimum Gasteiger partial charge on any atom is -0.375 e. The highest BCUT2D eigenvalue weighted by molar-refractivity contribution is 7.13. The number of aryl methyl sites for hydroxylation is 1. The Morgan fingerprint density at radius 2 is 2.04 bits per heavy atom. The molecule has 0 radical (unpaired) electrons. The van der Waals surface area contributed by atoms with Gasteiger partial charge in [-0.15, -0.1) is 11.3 Å². The van der Waals surface area contributed by atoms with Crippen molar-refractivity contribution in [3.05, 3.63) is 46.5 Å². The smallest absolute Gasteiger partial charge is 0.375 e. The molecule has 0 aliphatic rings. The largest absolute Gasteiger partial charge is 0.416 e. The first-order valence-corrected chi connectivity index (χ1v) is 7.86. The van der Waals surface area contributed by atoms with Crippen molar-refractivity contribution < 1.29 is 18.0 Å². The fraction of sp³-hybridized carbons (Fsp3) is 0.333. The summed E-state index contributed by atoms with van der Waals surface area (Å²) in [4.78, 5) is 15.9. The van der Waals surface area contributed by atoms with Crippen molar-refractivity contribution in [3.63, 3.8) is 0 Å². The number of carbonyl (C=O) groups excluding carboxylic acids is 1. The zero-order valence-corrected chi connectivity index (χ0v) is 13.0. The van der Waals surface area contributed by atoms with E-state index in [1.807, 2.05) is 5.38 Å². The van der Waals surface area contributed by atoms with Gasteiger partial charge in [0.15, 0.2) is 5.13 Å². The number of alkyl halides is 3. The zero-order valence-electron chi connectivity index (χ0n) is 12.2. The maximum absolute atomic E-state index is 12.8. The van der Waals surface area contributed by atoms with Crippen LogP contribution >= 0.6 is 11.3 Å². The third-order valence-electron chi connectivity index (χ3n) is 3.18. The lowest BCUT2D eigenvalue weighted by molar-refractivity contribution is -0.138. The Balaban J connectivity index is 1.81. The zero-order chi connectivity index (χ0) is 16.9. The van der Waals surface area contributed by atoms with Crippen LogP contribution in [0, 0.1) is 0 Å². The number of nitrogens with one attached hydrogen (secondary N) is 1. The molecule has 3 N–H and O–H groups in total. The number of nitrogens with two attached hydrogens (primary N) is 1. The third-order valence-corrected chi connectivity index (χ3v) is 3.90. The number of benzene rings is 1. The van der Waals surface area contributed by atoms with E-state index in [2.05, 4.69) is 10.3 Å². The molecule has 0 aliphatic carbocycles. The second-order valence-corrected chi connectivity index (χ2v) is 5.85. The molecular weight excluding hydrogens is 327 g/mol. The minimum atomic E-state index is -4.46. The van der Waals surface area contributed by atoms with Gasteiger partial charge >= 0.3 is 6.18 Å². The van der Waals surface area contributed by atoms with E-state index in [9.17, 15) is 18.0 Å². The number of halogens is 3. The van der Waals surface area contributed by atoms with Gasteiger partial charge in [-0.1, -0.05) is 18.2 Å². The van der Waals surface area contributed by atoms with Crippen molar-refractivity contribution in [2.24, 2.45) is 0 Å². The lowest BCUT2D eigenvalue weighted by Gasteiger charge is -2.12. The monoisotopic (exact) mass is 343 g/mol. The highest BCUT2D eigenvalue weighted by Gasteiger charge is 2.33. The molecule has 23 heavy (non-hydrogen) atoms. The van der Waals surface area contributed by atoms with Crippen molar-refractivity contribution in [3.8, 4) is 0 Å². The van der Waals surface area contributed by atoms with Crippen LogP contribution in [0.2, 0.25) is 0 Å². The first kappa shape index (κ1) is 17.3. The SMILES string of the molecule is Nc1nc(CCCNC(=O)Cc2ccccc2C(F)(F)F)cs1. The van der Waals surface area contributed by atoms with Crippen LogP contribution in [-0.4, -0.2) is 17.4 Å². The van der Waals surface area contributed by atoms with Gasteiger partial charge in [0.05, 0.1) is 17.7 Å². The molecule has 0 unspecified atom stereocenters. The molecule has 0 atom stereocenters. The number of anilines is 1. The van der Waals surface area contributed by atoms with E-state index in [4.69, 9.17) is 5.73 Å². The van der Waals surface area contributed by atoms with E-state index < -0.39 is 17.6 Å². The molecule has 0 bridgehead atoms. The molecule has 1 amide bonds. The van der Waals surface area contributed by atoms with Gasteiger partial charge in [-0.05, 0) is 24.5 Å². The average molecular weight is 343 g/mol. The van der Waals surface area contributed by atoms with Gasteiger partial charge in [0.1, 0.15) is 0 Å². The van der Waals surface area contributed by atoms with Crippen LogP contribution in [0.3, 0.4) is 0 Å². The number of carbonyl (C=O) groups is 1. The molecule has 8 heteroatoms. The maximum Gasteiger partial charge on any atom is 0.416 e. The number of amides is 1. The topological polar surface area (TPSA) is 68.0 Å².